The Labute approximate surface area is 256 Å². The van der Waals surface area contributed by atoms with Crippen LogP contribution < -0.4 is 5.32 Å². The molecule has 0 aromatic heterocycles. The summed E-state index contributed by atoms with van der Waals surface area (Å²) in [5.74, 6) is -1.27. The van der Waals surface area contributed by atoms with Crippen LogP contribution in [-0.4, -0.2) is 127 Å². The van der Waals surface area contributed by atoms with Crippen molar-refractivity contribution in [3.05, 3.63) is 0 Å². The van der Waals surface area contributed by atoms with Gasteiger partial charge in [0.25, 0.3) is 0 Å². The van der Waals surface area contributed by atoms with Crippen LogP contribution in [0, 0.1) is 23.7 Å². The van der Waals surface area contributed by atoms with Gasteiger partial charge in [0.15, 0.2) is 0 Å². The first-order valence-corrected chi connectivity index (χ1v) is 16.4. The zero-order valence-corrected chi connectivity index (χ0v) is 25.6. The van der Waals surface area contributed by atoms with Gasteiger partial charge in [-0.05, 0) is 115 Å². The first-order valence-electron chi connectivity index (χ1n) is 16.4. The fourth-order valence-electron chi connectivity index (χ4n) is 7.48. The molecule has 0 radical (unpaired) electrons. The first-order chi connectivity index (χ1) is 20.8. The summed E-state index contributed by atoms with van der Waals surface area (Å²) in [5.41, 5.74) is 0. The topological polar surface area (TPSA) is 79.4 Å². The van der Waals surface area contributed by atoms with E-state index >= 15 is 0 Å². The van der Waals surface area contributed by atoms with Crippen molar-refractivity contribution in [2.45, 2.75) is 82.6 Å². The number of nitrogens with one attached hydrogen (secondary N) is 1. The molecule has 5 heterocycles. The number of carbonyl (C=O) groups excluding carboxylic acids is 1. The van der Waals surface area contributed by atoms with Crippen LogP contribution in [0.4, 0.5) is 31.1 Å². The second-order valence-electron chi connectivity index (χ2n) is 13.3. The van der Waals surface area contributed by atoms with Crippen LogP contribution in [0.2, 0.25) is 0 Å². The minimum atomic E-state index is -4.08. The van der Waals surface area contributed by atoms with Gasteiger partial charge >= 0.3 is 18.4 Å². The third kappa shape index (κ3) is 10.1. The van der Waals surface area contributed by atoms with Crippen LogP contribution in [0.3, 0.4) is 0 Å². The number of nitrogens with zero attached hydrogens (tertiary/aromatic N) is 4. The van der Waals surface area contributed by atoms with Crippen LogP contribution in [0.1, 0.15) is 64.2 Å². The van der Waals surface area contributed by atoms with Gasteiger partial charge in [-0.25, -0.2) is 4.79 Å². The Hall–Kier alpha value is -1.80. The molecule has 8 nitrogen and oxygen atoms in total. The Morgan fingerprint density at radius 1 is 0.636 bits per heavy atom. The van der Waals surface area contributed by atoms with E-state index in [9.17, 15) is 41.0 Å². The molecule has 5 aliphatic heterocycles. The lowest BCUT2D eigenvalue weighted by Crippen LogP contribution is -2.50. The number of carboxylic acid groups (broad SMARTS) is 1. The van der Waals surface area contributed by atoms with E-state index < -0.39 is 36.3 Å². The summed E-state index contributed by atoms with van der Waals surface area (Å²) < 4.78 is 75.8. The Morgan fingerprint density at radius 2 is 1.09 bits per heavy atom. The van der Waals surface area contributed by atoms with Crippen molar-refractivity contribution in [2.24, 2.45) is 23.7 Å². The molecule has 254 valence electrons. The fourth-order valence-corrected chi connectivity index (χ4v) is 7.48. The maximum atomic E-state index is 12.8. The number of rotatable bonds is 5. The highest BCUT2D eigenvalue weighted by Gasteiger charge is 2.43. The van der Waals surface area contributed by atoms with Gasteiger partial charge in [0, 0.05) is 32.7 Å². The van der Waals surface area contributed by atoms with Gasteiger partial charge in [0.1, 0.15) is 6.04 Å². The van der Waals surface area contributed by atoms with Crippen LogP contribution in [-0.2, 0) is 4.79 Å². The quantitative estimate of drug-likeness (QED) is 0.416. The van der Waals surface area contributed by atoms with E-state index in [0.29, 0.717) is 70.5 Å². The van der Waals surface area contributed by atoms with Crippen molar-refractivity contribution in [1.29, 1.82) is 0 Å². The van der Waals surface area contributed by atoms with Crippen LogP contribution in [0.25, 0.3) is 0 Å². The SMILES string of the molecule is FC(F)(F)C1CCN(CC2CCNCC2)CC1.O=C([C@@H]1CCCN1C(=O)O)N1CCC(CN2CCC(C(F)(F)F)CC2)CC1. The minimum absolute atomic E-state index is 0.0978. The summed E-state index contributed by atoms with van der Waals surface area (Å²) in [6.45, 7) is 7.73. The van der Waals surface area contributed by atoms with Crippen molar-refractivity contribution < 1.29 is 41.0 Å². The molecule has 5 rings (SSSR count). The van der Waals surface area contributed by atoms with E-state index in [1.807, 2.05) is 0 Å². The predicted molar refractivity (Wildman–Crippen MR) is 153 cm³/mol. The van der Waals surface area contributed by atoms with Crippen LogP contribution in [0.5, 0.6) is 0 Å². The zero-order valence-electron chi connectivity index (χ0n) is 25.6. The number of halogens is 6. The van der Waals surface area contributed by atoms with Gasteiger partial charge in [-0.15, -0.1) is 0 Å². The van der Waals surface area contributed by atoms with Gasteiger partial charge in [0.05, 0.1) is 11.8 Å². The van der Waals surface area contributed by atoms with E-state index in [-0.39, 0.29) is 31.6 Å². The smallest absolute Gasteiger partial charge is 0.407 e. The maximum absolute atomic E-state index is 12.8. The number of alkyl halides is 6. The second kappa shape index (κ2) is 15.7. The van der Waals surface area contributed by atoms with Crippen molar-refractivity contribution in [2.75, 3.05) is 72.0 Å². The number of likely N-dealkylation sites (tertiary alicyclic amines) is 4. The van der Waals surface area contributed by atoms with Crippen molar-refractivity contribution in [3.63, 3.8) is 0 Å². The molecule has 0 aromatic rings. The normalized spacial score (nSPS) is 26.5. The van der Waals surface area contributed by atoms with Gasteiger partial charge in [-0.1, -0.05) is 0 Å². The third-order valence-electron chi connectivity index (χ3n) is 10.3. The first kappa shape index (κ1) is 35.1. The molecule has 5 aliphatic rings. The van der Waals surface area contributed by atoms with E-state index in [2.05, 4.69) is 15.1 Å². The lowest BCUT2D eigenvalue weighted by atomic mass is 9.92. The summed E-state index contributed by atoms with van der Waals surface area (Å²) in [4.78, 5) is 31.2. The molecule has 2 amide bonds. The number of hydrogen-bond donors (Lipinski definition) is 2. The molecule has 14 heteroatoms. The molecule has 2 N–H and O–H groups in total. The molecule has 0 aliphatic carbocycles. The van der Waals surface area contributed by atoms with Gasteiger partial charge in [0.2, 0.25) is 5.91 Å². The molecule has 0 saturated carbocycles. The highest BCUT2D eigenvalue weighted by molar-refractivity contribution is 5.86. The minimum Gasteiger partial charge on any atom is -0.465 e. The number of amides is 2. The Morgan fingerprint density at radius 3 is 1.52 bits per heavy atom. The molecule has 0 bridgehead atoms. The lowest BCUT2D eigenvalue weighted by Gasteiger charge is -2.39. The number of hydrogen-bond acceptors (Lipinski definition) is 5. The molecule has 5 saturated heterocycles. The molecular formula is C30H49F6N5O3. The molecule has 0 aromatic carbocycles. The van der Waals surface area contributed by atoms with Crippen molar-refractivity contribution in [1.82, 2.24) is 24.9 Å². The summed E-state index contributed by atoms with van der Waals surface area (Å²) in [6, 6.07) is -0.555. The third-order valence-corrected chi connectivity index (χ3v) is 10.3. The number of carbonyl (C=O) groups is 2. The van der Waals surface area contributed by atoms with E-state index in [4.69, 9.17) is 0 Å². The average Bonchev–Trinajstić information content (AvgIpc) is 3.49. The lowest BCUT2D eigenvalue weighted by molar-refractivity contribution is -0.186. The van der Waals surface area contributed by atoms with Crippen LogP contribution >= 0.6 is 0 Å². The fraction of sp³-hybridized carbons (Fsp3) is 0.933. The largest absolute Gasteiger partial charge is 0.465 e. The van der Waals surface area contributed by atoms with E-state index in [1.54, 1.807) is 4.90 Å². The molecule has 0 spiro atoms. The Balaban J connectivity index is 0.000000223. The molecule has 5 fully saturated rings. The summed E-state index contributed by atoms with van der Waals surface area (Å²) in [6.07, 6.45) is -2.91. The van der Waals surface area contributed by atoms with Gasteiger partial charge < -0.3 is 25.1 Å². The van der Waals surface area contributed by atoms with Crippen LogP contribution in [0.15, 0.2) is 0 Å². The highest BCUT2D eigenvalue weighted by Crippen LogP contribution is 2.36. The monoisotopic (exact) mass is 641 g/mol. The van der Waals surface area contributed by atoms with Gasteiger partial charge in [-0.3, -0.25) is 9.69 Å². The standard InChI is InChI=1S/C18H28F3N3O3.C12H21F3N2/c19-18(20,21)14-5-8-22(9-6-14)12-13-3-10-23(11-4-13)16(25)15-2-1-7-24(15)17(26)27;13-12(14,15)11-3-7-17(8-4-11)9-10-1-5-16-6-2-10/h13-15H,1-12H2,(H,26,27);10-11,16H,1-9H2/t15-;/m0./s1. The molecular weight excluding hydrogens is 592 g/mol. The molecule has 0 unspecified atom stereocenters. The van der Waals surface area contributed by atoms with Crippen molar-refractivity contribution >= 4 is 12.0 Å². The second-order valence-corrected chi connectivity index (χ2v) is 13.3. The molecule has 44 heavy (non-hydrogen) atoms. The zero-order chi connectivity index (χ0) is 31.9. The number of piperidine rings is 4. The van der Waals surface area contributed by atoms with Crippen molar-refractivity contribution in [3.8, 4) is 0 Å². The highest BCUT2D eigenvalue weighted by atomic mass is 19.4. The summed E-state index contributed by atoms with van der Waals surface area (Å²) in [5, 5.41) is 12.5. The molecule has 1 atom stereocenters. The summed E-state index contributed by atoms with van der Waals surface area (Å²) >= 11 is 0. The van der Waals surface area contributed by atoms with E-state index in [0.717, 1.165) is 39.0 Å². The van der Waals surface area contributed by atoms with Gasteiger partial charge in [-0.2, -0.15) is 26.3 Å². The van der Waals surface area contributed by atoms with E-state index in [1.165, 1.54) is 17.7 Å². The Kier molecular flexibility index (Phi) is 12.5. The Bertz CT molecular complexity index is 908. The summed E-state index contributed by atoms with van der Waals surface area (Å²) in [7, 11) is 0. The average molecular weight is 642 g/mol. The maximum Gasteiger partial charge on any atom is 0.407 e. The predicted octanol–water partition coefficient (Wildman–Crippen LogP) is 4.90.